The van der Waals surface area contributed by atoms with Crippen LogP contribution in [0.3, 0.4) is 0 Å². The number of rotatable bonds is 27. The van der Waals surface area contributed by atoms with E-state index >= 15 is 0 Å². The Labute approximate surface area is 437 Å². The molecule has 6 aromatic rings. The minimum Gasteiger partial charge on any atom is -0.481 e. The number of para-hydroxylation sites is 3. The summed E-state index contributed by atoms with van der Waals surface area (Å²) >= 11 is 0. The molecule has 0 unspecified atom stereocenters. The van der Waals surface area contributed by atoms with Crippen LogP contribution in [-0.2, 0) is 62.4 Å². The average Bonchev–Trinajstić information content (AvgIpc) is 4.13. The highest BCUT2D eigenvalue weighted by molar-refractivity contribution is 5.98. The first-order chi connectivity index (χ1) is 36.2. The molecule has 76 heavy (non-hydrogen) atoms. The van der Waals surface area contributed by atoms with Gasteiger partial charge in [-0.25, -0.2) is 4.79 Å². The van der Waals surface area contributed by atoms with E-state index in [1.807, 2.05) is 66.7 Å². The van der Waals surface area contributed by atoms with Gasteiger partial charge in [0.1, 0.15) is 36.3 Å². The van der Waals surface area contributed by atoms with Crippen molar-refractivity contribution in [2.45, 2.75) is 115 Å². The minimum absolute atomic E-state index is 0.0252. The Balaban J connectivity index is 1.13. The average molecular weight is 1050 g/mol. The molecule has 0 aliphatic carbocycles. The summed E-state index contributed by atoms with van der Waals surface area (Å²) in [7, 11) is 0. The van der Waals surface area contributed by atoms with Crippen LogP contribution in [0, 0.1) is 11.8 Å². The van der Waals surface area contributed by atoms with Crippen molar-refractivity contribution in [2.75, 3.05) is 6.54 Å². The molecule has 22 heteroatoms. The van der Waals surface area contributed by atoms with Crippen LogP contribution < -0.4 is 43.0 Å². The zero-order valence-corrected chi connectivity index (χ0v) is 43.0. The summed E-state index contributed by atoms with van der Waals surface area (Å²) in [6.07, 6.45) is 4.68. The standard InChI is InChI=1S/C54H67N11O11/c1-6-29(4)47(54(75)76)65-51(72)42(22-32-25-57-39-17-11-8-14-35(32)39)61-44(66)27-59-53(74)46(28(2)3)64-52(73)43(23-33-26-58-40-18-12-9-15-36(33)40)63-48(69)30(5)60-50(71)41(19-20-45(67)68)62-49(70)37(55)21-31-24-56-38-16-10-7-13-34(31)38/h7-18,24-26,28-30,37,41-43,46-47,56-58H,6,19-23,27,55H2,1-5H3,(H,59,74)(H,60,71)(H,61,66)(H,62,70)(H,63,69)(H,64,73)(H,65,72)(H,67,68)(H,75,76)/t29-,30-,37-,41-,42-,43-,46-,47-/m0/s1. The van der Waals surface area contributed by atoms with Crippen LogP contribution in [0.25, 0.3) is 32.7 Å². The summed E-state index contributed by atoms with van der Waals surface area (Å²) < 4.78 is 0. The molecule has 22 nitrogen and oxygen atoms in total. The predicted octanol–water partition coefficient (Wildman–Crippen LogP) is 2.18. The predicted molar refractivity (Wildman–Crippen MR) is 283 cm³/mol. The van der Waals surface area contributed by atoms with E-state index in [1.165, 1.54) is 6.92 Å². The minimum atomic E-state index is -1.41. The van der Waals surface area contributed by atoms with Crippen molar-refractivity contribution in [3.63, 3.8) is 0 Å². The number of aromatic amines is 3. The molecule has 6 rings (SSSR count). The summed E-state index contributed by atoms with van der Waals surface area (Å²) in [5.74, 6) is -9.01. The van der Waals surface area contributed by atoms with Gasteiger partial charge in [0, 0.05) is 70.6 Å². The van der Waals surface area contributed by atoms with Crippen molar-refractivity contribution in [3.05, 3.63) is 108 Å². The highest BCUT2D eigenvalue weighted by Gasteiger charge is 2.34. The van der Waals surface area contributed by atoms with Crippen molar-refractivity contribution < 1.29 is 53.4 Å². The van der Waals surface area contributed by atoms with Gasteiger partial charge in [0.25, 0.3) is 0 Å². The number of carbonyl (C=O) groups excluding carboxylic acids is 7. The Morgan fingerprint density at radius 1 is 0.526 bits per heavy atom. The van der Waals surface area contributed by atoms with Crippen LogP contribution in [0.4, 0.5) is 0 Å². The second-order valence-corrected chi connectivity index (χ2v) is 19.4. The van der Waals surface area contributed by atoms with E-state index in [0.29, 0.717) is 17.5 Å². The van der Waals surface area contributed by atoms with E-state index in [9.17, 15) is 53.4 Å². The lowest BCUT2D eigenvalue weighted by atomic mass is 9.98. The summed E-state index contributed by atoms with van der Waals surface area (Å²) in [5.41, 5.74) is 10.7. The Hall–Kier alpha value is -8.53. The molecule has 0 saturated carbocycles. The van der Waals surface area contributed by atoms with Crippen LogP contribution in [0.5, 0.6) is 0 Å². The fourth-order valence-electron chi connectivity index (χ4n) is 8.83. The molecule has 3 heterocycles. The molecule has 0 spiro atoms. The number of fused-ring (bicyclic) bond motifs is 3. The van der Waals surface area contributed by atoms with Gasteiger partial charge >= 0.3 is 11.9 Å². The number of amides is 7. The molecule has 0 fully saturated rings. The Morgan fingerprint density at radius 3 is 1.45 bits per heavy atom. The molecular formula is C54H67N11O11. The zero-order valence-electron chi connectivity index (χ0n) is 43.0. The van der Waals surface area contributed by atoms with E-state index in [0.717, 1.165) is 38.3 Å². The maximum atomic E-state index is 14.4. The molecule has 0 radical (unpaired) electrons. The number of aromatic nitrogens is 3. The van der Waals surface area contributed by atoms with Gasteiger partial charge in [0.05, 0.1) is 12.6 Å². The fraction of sp³-hybridized carbons (Fsp3) is 0.389. The van der Waals surface area contributed by atoms with Crippen molar-refractivity contribution in [2.24, 2.45) is 17.6 Å². The number of aliphatic carboxylic acids is 2. The number of carboxylic acid groups (broad SMARTS) is 2. The van der Waals surface area contributed by atoms with Gasteiger partial charge in [-0.05, 0) is 66.5 Å². The topological polar surface area (TPSA) is 352 Å². The molecule has 0 aliphatic rings. The first kappa shape index (κ1) is 56.8. The zero-order chi connectivity index (χ0) is 55.2. The molecule has 0 saturated heterocycles. The van der Waals surface area contributed by atoms with Gasteiger partial charge in [0.15, 0.2) is 0 Å². The monoisotopic (exact) mass is 1050 g/mol. The second kappa shape index (κ2) is 26.1. The third-order valence-corrected chi connectivity index (χ3v) is 13.4. The number of hydrogen-bond acceptors (Lipinski definition) is 10. The Kier molecular flexibility index (Phi) is 19.5. The van der Waals surface area contributed by atoms with E-state index in [4.69, 9.17) is 5.73 Å². The highest BCUT2D eigenvalue weighted by atomic mass is 16.4. The highest BCUT2D eigenvalue weighted by Crippen LogP contribution is 2.22. The smallest absolute Gasteiger partial charge is 0.326 e. The number of nitrogens with one attached hydrogen (secondary N) is 10. The van der Waals surface area contributed by atoms with E-state index in [2.05, 4.69) is 52.2 Å². The number of hydrogen-bond donors (Lipinski definition) is 13. The van der Waals surface area contributed by atoms with Crippen LogP contribution in [0.2, 0.25) is 0 Å². The lowest BCUT2D eigenvalue weighted by Crippen LogP contribution is -2.59. The van der Waals surface area contributed by atoms with E-state index in [1.54, 1.807) is 52.4 Å². The quantitative estimate of drug-likeness (QED) is 0.0353. The normalized spacial score (nSPS) is 14.6. The molecular weight excluding hydrogens is 979 g/mol. The maximum absolute atomic E-state index is 14.4. The number of H-pyrrole nitrogens is 3. The number of carbonyl (C=O) groups is 9. The molecule has 3 aromatic carbocycles. The third-order valence-electron chi connectivity index (χ3n) is 13.4. The second-order valence-electron chi connectivity index (χ2n) is 19.4. The molecule has 8 atom stereocenters. The van der Waals surface area contributed by atoms with Crippen LogP contribution in [0.15, 0.2) is 91.4 Å². The summed E-state index contributed by atoms with van der Waals surface area (Å²) in [4.78, 5) is 130. The van der Waals surface area contributed by atoms with Gasteiger partial charge in [-0.3, -0.25) is 38.4 Å². The van der Waals surface area contributed by atoms with Gasteiger partial charge < -0.3 is 68.1 Å². The fourth-order valence-corrected chi connectivity index (χ4v) is 8.83. The number of benzene rings is 3. The molecule has 14 N–H and O–H groups in total. The molecule has 3 aromatic heterocycles. The van der Waals surface area contributed by atoms with E-state index < -0.39 is 120 Å². The Bertz CT molecular complexity index is 3070. The maximum Gasteiger partial charge on any atom is 0.326 e. The van der Waals surface area contributed by atoms with Gasteiger partial charge in [-0.2, -0.15) is 0 Å². The molecule has 404 valence electrons. The molecule has 0 aliphatic heterocycles. The van der Waals surface area contributed by atoms with Gasteiger partial charge in [-0.1, -0.05) is 88.7 Å². The van der Waals surface area contributed by atoms with E-state index in [-0.39, 0.29) is 25.7 Å². The van der Waals surface area contributed by atoms with Crippen LogP contribution in [0.1, 0.15) is 70.6 Å². The number of nitrogens with two attached hydrogens (primary N) is 1. The van der Waals surface area contributed by atoms with Gasteiger partial charge in [0.2, 0.25) is 41.4 Å². The van der Waals surface area contributed by atoms with Crippen molar-refractivity contribution in [1.82, 2.24) is 52.2 Å². The van der Waals surface area contributed by atoms with Crippen molar-refractivity contribution >= 4 is 86.0 Å². The van der Waals surface area contributed by atoms with Crippen molar-refractivity contribution in [3.8, 4) is 0 Å². The first-order valence-corrected chi connectivity index (χ1v) is 25.2. The largest absolute Gasteiger partial charge is 0.481 e. The van der Waals surface area contributed by atoms with Crippen molar-refractivity contribution in [1.29, 1.82) is 0 Å². The SMILES string of the molecule is CC[C@H](C)[C@H](NC(=O)[C@H](Cc1c[nH]c2ccccc12)NC(=O)CNC(=O)[C@@H](NC(=O)[C@H](Cc1c[nH]c2ccccc12)NC(=O)[C@H](C)NC(=O)[C@H](CCC(=O)O)NC(=O)[C@@H](N)Cc1c[nH]c2ccccc12)C(C)C)C(=O)O. The van der Waals surface area contributed by atoms with Gasteiger partial charge in [-0.15, -0.1) is 0 Å². The van der Waals surface area contributed by atoms with Crippen LogP contribution >= 0.6 is 0 Å². The summed E-state index contributed by atoms with van der Waals surface area (Å²) in [6, 6.07) is 13.0. The van der Waals surface area contributed by atoms with Crippen LogP contribution in [-0.4, -0.2) is 127 Å². The Morgan fingerprint density at radius 2 is 0.974 bits per heavy atom. The number of carboxylic acids is 2. The molecule has 7 amide bonds. The molecule has 0 bridgehead atoms. The first-order valence-electron chi connectivity index (χ1n) is 25.2. The summed E-state index contributed by atoms with van der Waals surface area (Å²) in [6.45, 7) is 7.48. The lowest BCUT2D eigenvalue weighted by Gasteiger charge is -2.27. The lowest BCUT2D eigenvalue weighted by molar-refractivity contribution is -0.143. The third kappa shape index (κ3) is 14.8. The summed E-state index contributed by atoms with van der Waals surface area (Å²) in [5, 5.41) is 39.9.